The van der Waals surface area contributed by atoms with Crippen LogP contribution in [0.25, 0.3) is 0 Å². The molecule has 0 saturated heterocycles. The summed E-state index contributed by atoms with van der Waals surface area (Å²) < 4.78 is 10.1. The summed E-state index contributed by atoms with van der Waals surface area (Å²) in [6.07, 6.45) is 2.60. The summed E-state index contributed by atoms with van der Waals surface area (Å²) in [6.45, 7) is 3.32. The molecule has 0 aromatic heterocycles. The predicted octanol–water partition coefficient (Wildman–Crippen LogP) is 1.86. The number of hydrogen-bond acceptors (Lipinski definition) is 6. The van der Waals surface area contributed by atoms with Crippen molar-refractivity contribution in [2.45, 2.75) is 57.2 Å². The maximum absolute atomic E-state index is 11.9. The predicted molar refractivity (Wildman–Crippen MR) is 99.1 cm³/mol. The van der Waals surface area contributed by atoms with E-state index in [2.05, 4.69) is 5.32 Å². The van der Waals surface area contributed by atoms with Gasteiger partial charge in [0.1, 0.15) is 17.7 Å². The van der Waals surface area contributed by atoms with E-state index in [1.165, 1.54) is 14.0 Å². The zero-order chi connectivity index (χ0) is 20.4. The van der Waals surface area contributed by atoms with E-state index in [1.807, 2.05) is 37.3 Å². The molecule has 0 unspecified atom stereocenters. The normalized spacial score (nSPS) is 16.4. The highest BCUT2D eigenvalue weighted by Crippen LogP contribution is 2.34. The van der Waals surface area contributed by atoms with Gasteiger partial charge in [-0.3, -0.25) is 4.79 Å². The van der Waals surface area contributed by atoms with Gasteiger partial charge in [0.05, 0.1) is 7.11 Å². The van der Waals surface area contributed by atoms with E-state index < -0.39 is 35.7 Å². The number of methoxy groups -OCH3 is 1. The van der Waals surface area contributed by atoms with Crippen molar-refractivity contribution in [2.75, 3.05) is 7.11 Å². The minimum Gasteiger partial charge on any atom is -0.480 e. The molecule has 150 valence electrons. The van der Waals surface area contributed by atoms with Crippen molar-refractivity contribution >= 4 is 18.0 Å². The molecule has 2 atom stereocenters. The Hall–Kier alpha value is -2.61. The van der Waals surface area contributed by atoms with Gasteiger partial charge in [0.2, 0.25) is 0 Å². The van der Waals surface area contributed by atoms with Gasteiger partial charge in [-0.1, -0.05) is 30.3 Å². The van der Waals surface area contributed by atoms with Gasteiger partial charge in [0.25, 0.3) is 0 Å². The molecular formula is C19H28N2O6. The van der Waals surface area contributed by atoms with Crippen LogP contribution >= 0.6 is 0 Å². The highest BCUT2D eigenvalue weighted by molar-refractivity contribution is 5.81. The van der Waals surface area contributed by atoms with Crippen molar-refractivity contribution in [1.82, 2.24) is 5.32 Å². The van der Waals surface area contributed by atoms with E-state index in [-0.39, 0.29) is 0 Å². The molecule has 27 heavy (non-hydrogen) atoms. The Kier molecular flexibility index (Phi) is 8.74. The fraction of sp³-hybridized carbons (Fsp3) is 0.526. The van der Waals surface area contributed by atoms with Crippen LogP contribution in [0, 0.1) is 0 Å². The Balaban J connectivity index is 0.000000527. The van der Waals surface area contributed by atoms with Gasteiger partial charge in [-0.15, -0.1) is 0 Å². The molecule has 1 aliphatic rings. The second kappa shape index (κ2) is 10.5. The average molecular weight is 380 g/mol. The molecule has 1 saturated carbocycles. The van der Waals surface area contributed by atoms with E-state index in [0.29, 0.717) is 6.42 Å². The number of nitrogens with one attached hydrogen (secondary N) is 1. The van der Waals surface area contributed by atoms with Crippen LogP contribution in [0.4, 0.5) is 4.79 Å². The first-order valence-corrected chi connectivity index (χ1v) is 8.76. The number of carbonyl (C=O) groups excluding carboxylic acids is 2. The molecule has 1 aliphatic carbocycles. The van der Waals surface area contributed by atoms with Crippen LogP contribution in [0.2, 0.25) is 0 Å². The van der Waals surface area contributed by atoms with Crippen molar-refractivity contribution in [2.24, 2.45) is 5.73 Å². The standard InChI is InChI=1S/C16H21NO4.C3H7NO2/c1-16(9-6-10-16)21-15(19)17-13(14(18)20-2)11-12-7-4-3-5-8-12;1-2(4)3(5)6/h3-5,7-8,13H,6,9-11H2,1-2H3,(H,17,19);2H,4H2,1H3,(H,5,6)/t13-;2-/m00/s1. The third-order valence-corrected chi connectivity index (χ3v) is 4.20. The zero-order valence-corrected chi connectivity index (χ0v) is 15.9. The SMILES string of the molecule is COC(=O)[C@H](Cc1ccccc1)NC(=O)OC1(C)CCC1.C[C@H](N)C(=O)O. The van der Waals surface area contributed by atoms with Crippen molar-refractivity contribution in [3.05, 3.63) is 35.9 Å². The number of hydrogen-bond donors (Lipinski definition) is 3. The van der Waals surface area contributed by atoms with Crippen molar-refractivity contribution in [3.8, 4) is 0 Å². The van der Waals surface area contributed by atoms with E-state index in [9.17, 15) is 14.4 Å². The van der Waals surface area contributed by atoms with Crippen LogP contribution in [0.15, 0.2) is 30.3 Å². The summed E-state index contributed by atoms with van der Waals surface area (Å²) >= 11 is 0. The molecule has 0 radical (unpaired) electrons. The second-order valence-corrected chi connectivity index (χ2v) is 6.73. The third-order valence-electron chi connectivity index (χ3n) is 4.20. The maximum Gasteiger partial charge on any atom is 0.408 e. The van der Waals surface area contributed by atoms with E-state index in [0.717, 1.165) is 24.8 Å². The van der Waals surface area contributed by atoms with Crippen molar-refractivity contribution in [3.63, 3.8) is 0 Å². The number of amides is 1. The molecule has 0 heterocycles. The second-order valence-electron chi connectivity index (χ2n) is 6.73. The Morgan fingerprint density at radius 2 is 1.81 bits per heavy atom. The van der Waals surface area contributed by atoms with Crippen LogP contribution in [-0.2, 0) is 25.5 Å². The minimum absolute atomic E-state index is 0.374. The Labute approximate surface area is 159 Å². The maximum atomic E-state index is 11.9. The number of aliphatic carboxylic acids is 1. The molecule has 1 fully saturated rings. The molecule has 0 bridgehead atoms. The highest BCUT2D eigenvalue weighted by atomic mass is 16.6. The third kappa shape index (κ3) is 8.08. The molecule has 4 N–H and O–H groups in total. The van der Waals surface area contributed by atoms with Gasteiger partial charge in [0.15, 0.2) is 0 Å². The van der Waals surface area contributed by atoms with Crippen LogP contribution < -0.4 is 11.1 Å². The lowest BCUT2D eigenvalue weighted by Gasteiger charge is -2.37. The van der Waals surface area contributed by atoms with Gasteiger partial charge in [-0.25, -0.2) is 9.59 Å². The highest BCUT2D eigenvalue weighted by Gasteiger charge is 2.36. The van der Waals surface area contributed by atoms with E-state index >= 15 is 0 Å². The number of rotatable bonds is 6. The molecule has 2 rings (SSSR count). The Morgan fingerprint density at radius 1 is 1.26 bits per heavy atom. The number of carbonyl (C=O) groups is 3. The monoisotopic (exact) mass is 380 g/mol. The van der Waals surface area contributed by atoms with Gasteiger partial charge in [-0.05, 0) is 38.7 Å². The van der Waals surface area contributed by atoms with Crippen LogP contribution in [0.5, 0.6) is 0 Å². The fourth-order valence-electron chi connectivity index (χ4n) is 2.36. The van der Waals surface area contributed by atoms with Crippen molar-refractivity contribution in [1.29, 1.82) is 0 Å². The van der Waals surface area contributed by atoms with Gasteiger partial charge in [0, 0.05) is 6.42 Å². The fourth-order valence-corrected chi connectivity index (χ4v) is 2.36. The first kappa shape index (κ1) is 22.4. The summed E-state index contributed by atoms with van der Waals surface area (Å²) in [4.78, 5) is 33.3. The molecule has 8 nitrogen and oxygen atoms in total. The summed E-state index contributed by atoms with van der Waals surface area (Å²) in [5.74, 6) is -1.44. The van der Waals surface area contributed by atoms with Crippen LogP contribution in [0.1, 0.15) is 38.7 Å². The molecule has 8 heteroatoms. The number of carboxylic acid groups (broad SMARTS) is 1. The summed E-state index contributed by atoms with van der Waals surface area (Å²) in [6, 6.07) is 8.00. The summed E-state index contributed by atoms with van der Waals surface area (Å²) in [5.41, 5.74) is 5.39. The zero-order valence-electron chi connectivity index (χ0n) is 15.9. The lowest BCUT2D eigenvalue weighted by molar-refractivity contribution is -0.143. The molecule has 0 aliphatic heterocycles. The van der Waals surface area contributed by atoms with Crippen LogP contribution in [-0.4, -0.2) is 47.9 Å². The minimum atomic E-state index is -0.963. The van der Waals surface area contributed by atoms with E-state index in [1.54, 1.807) is 0 Å². The number of carboxylic acids is 1. The lowest BCUT2D eigenvalue weighted by Crippen LogP contribution is -2.48. The number of ether oxygens (including phenoxy) is 2. The molecule has 1 amide bonds. The van der Waals surface area contributed by atoms with Gasteiger partial charge in [-0.2, -0.15) is 0 Å². The average Bonchev–Trinajstić information content (AvgIpc) is 2.60. The molecular weight excluding hydrogens is 352 g/mol. The smallest absolute Gasteiger partial charge is 0.408 e. The van der Waals surface area contributed by atoms with Gasteiger partial charge >= 0.3 is 18.0 Å². The van der Waals surface area contributed by atoms with Crippen molar-refractivity contribution < 1.29 is 29.0 Å². The number of nitrogens with two attached hydrogens (primary N) is 1. The molecule has 0 spiro atoms. The topological polar surface area (TPSA) is 128 Å². The lowest BCUT2D eigenvalue weighted by atomic mass is 9.82. The Bertz CT molecular complexity index is 628. The first-order valence-electron chi connectivity index (χ1n) is 8.76. The van der Waals surface area contributed by atoms with Crippen LogP contribution in [0.3, 0.4) is 0 Å². The quantitative estimate of drug-likeness (QED) is 0.643. The van der Waals surface area contributed by atoms with Gasteiger partial charge < -0.3 is 25.6 Å². The number of alkyl carbamates (subject to hydrolysis) is 1. The Morgan fingerprint density at radius 3 is 2.22 bits per heavy atom. The largest absolute Gasteiger partial charge is 0.480 e. The molecule has 1 aromatic carbocycles. The number of esters is 1. The first-order chi connectivity index (χ1) is 12.7. The molecule has 1 aromatic rings. The number of benzene rings is 1. The summed E-state index contributed by atoms with van der Waals surface area (Å²) in [7, 11) is 1.31. The van der Waals surface area contributed by atoms with E-state index in [4.69, 9.17) is 20.3 Å². The summed E-state index contributed by atoms with van der Waals surface area (Å²) in [5, 5.41) is 10.5.